The predicted octanol–water partition coefficient (Wildman–Crippen LogP) is 3.10. The van der Waals surface area contributed by atoms with Crippen molar-refractivity contribution < 1.29 is 42.9 Å². The van der Waals surface area contributed by atoms with Crippen molar-refractivity contribution in [2.24, 2.45) is 5.92 Å². The van der Waals surface area contributed by atoms with Gasteiger partial charge in [-0.1, -0.05) is 45.9 Å². The number of hydrogen-bond acceptors (Lipinski definition) is 11. The number of nitrogens with zero attached hydrogens (tertiary/aromatic N) is 3. The Morgan fingerprint density at radius 2 is 1.77 bits per heavy atom. The number of para-hydroxylation sites is 1. The van der Waals surface area contributed by atoms with Crippen LogP contribution in [0.1, 0.15) is 88.7 Å². The van der Waals surface area contributed by atoms with E-state index in [0.29, 0.717) is 63.6 Å². The normalized spacial score (nSPS) is 18.2. The lowest BCUT2D eigenvalue weighted by atomic mass is 9.97. The van der Waals surface area contributed by atoms with Crippen LogP contribution in [0.2, 0.25) is 0 Å². The maximum absolute atomic E-state index is 13.9. The minimum Gasteiger partial charge on any atom is -0.458 e. The number of esters is 2. The molecule has 5 heterocycles. The quantitative estimate of drug-likeness (QED) is 0.126. The van der Waals surface area contributed by atoms with E-state index in [1.165, 1.54) is 4.90 Å². The van der Waals surface area contributed by atoms with Crippen LogP contribution in [0.15, 0.2) is 35.1 Å². The van der Waals surface area contributed by atoms with Gasteiger partial charge in [0.05, 0.1) is 48.8 Å². The number of hydrogen-bond donors (Lipinski definition) is 2. The van der Waals surface area contributed by atoms with E-state index >= 15 is 0 Å². The highest BCUT2D eigenvalue weighted by molar-refractivity contribution is 5.95. The lowest BCUT2D eigenvalue weighted by molar-refractivity contribution is -0.173. The lowest BCUT2D eigenvalue weighted by Gasteiger charge is -2.31. The van der Waals surface area contributed by atoms with Crippen molar-refractivity contribution in [3.05, 3.63) is 62.9 Å². The fraction of sp³-hybridized carbons (Fsp3) is 0.537. The minimum atomic E-state index is -1.55. The van der Waals surface area contributed by atoms with E-state index in [1.54, 1.807) is 31.4 Å². The molecule has 0 spiro atoms. The highest BCUT2D eigenvalue weighted by Crippen LogP contribution is 2.38. The first-order chi connectivity index (χ1) is 27.0. The SMILES string of the molecule is CCOCCOCCC(=O)NC(CC)C(=O)N1CCCC1C(=O)N[C@H](C(=O)OC1C(=O)OCc2c1cc1n(c2=O)Cc2c-1nc1ccccc1c2CC)C(C)C. The fourth-order valence-corrected chi connectivity index (χ4v) is 7.74. The molecule has 6 rings (SSSR count). The number of carbonyl (C=O) groups excluding carboxylic acids is 5. The van der Waals surface area contributed by atoms with Crippen LogP contribution < -0.4 is 16.2 Å². The van der Waals surface area contributed by atoms with E-state index in [4.69, 9.17) is 23.9 Å². The van der Waals surface area contributed by atoms with Gasteiger partial charge in [-0.3, -0.25) is 19.2 Å². The third kappa shape index (κ3) is 8.19. The fourth-order valence-electron chi connectivity index (χ4n) is 7.74. The van der Waals surface area contributed by atoms with Crippen LogP contribution in [-0.2, 0) is 62.5 Å². The van der Waals surface area contributed by atoms with Crippen LogP contribution in [0.25, 0.3) is 22.3 Å². The predicted molar refractivity (Wildman–Crippen MR) is 204 cm³/mol. The topological polar surface area (TPSA) is 184 Å². The number of benzene rings is 1. The summed E-state index contributed by atoms with van der Waals surface area (Å²) >= 11 is 0. The van der Waals surface area contributed by atoms with Crippen LogP contribution in [-0.4, -0.2) is 95.2 Å². The molecule has 0 radical (unpaired) electrons. The third-order valence-electron chi connectivity index (χ3n) is 10.7. The first kappa shape index (κ1) is 40.5. The number of ether oxygens (including phenoxy) is 4. The van der Waals surface area contributed by atoms with Crippen LogP contribution >= 0.6 is 0 Å². The van der Waals surface area contributed by atoms with Gasteiger partial charge in [0.25, 0.3) is 5.56 Å². The van der Waals surface area contributed by atoms with Gasteiger partial charge in [-0.25, -0.2) is 14.6 Å². The zero-order chi connectivity index (χ0) is 40.1. The van der Waals surface area contributed by atoms with E-state index in [0.717, 1.165) is 28.5 Å². The van der Waals surface area contributed by atoms with Crippen molar-refractivity contribution in [2.75, 3.05) is 33.0 Å². The summed E-state index contributed by atoms with van der Waals surface area (Å²) in [7, 11) is 0. The van der Waals surface area contributed by atoms with E-state index in [2.05, 4.69) is 17.6 Å². The molecule has 15 nitrogen and oxygen atoms in total. The summed E-state index contributed by atoms with van der Waals surface area (Å²) in [6, 6.07) is 6.55. The summed E-state index contributed by atoms with van der Waals surface area (Å²) in [4.78, 5) is 87.4. The molecule has 3 aliphatic heterocycles. The molecule has 2 N–H and O–H groups in total. The maximum atomic E-state index is 13.9. The molecule has 1 aromatic carbocycles. The maximum Gasteiger partial charge on any atom is 0.352 e. The molecule has 1 fully saturated rings. The molecule has 3 aromatic rings. The molecular weight excluding hydrogens is 722 g/mol. The van der Waals surface area contributed by atoms with E-state index in [9.17, 15) is 28.8 Å². The first-order valence-corrected chi connectivity index (χ1v) is 19.6. The average Bonchev–Trinajstić information content (AvgIpc) is 3.83. The highest BCUT2D eigenvalue weighted by atomic mass is 16.6. The molecular formula is C41H51N5O10. The van der Waals surface area contributed by atoms with Gasteiger partial charge in [-0.15, -0.1) is 0 Å². The van der Waals surface area contributed by atoms with Crippen molar-refractivity contribution >= 4 is 40.6 Å². The summed E-state index contributed by atoms with van der Waals surface area (Å²) in [6.45, 7) is 11.0. The van der Waals surface area contributed by atoms with E-state index < -0.39 is 53.9 Å². The largest absolute Gasteiger partial charge is 0.458 e. The Kier molecular flexibility index (Phi) is 12.8. The number of nitrogens with one attached hydrogen (secondary N) is 2. The standard InChI is InChI=1S/C41H51N5O10/c1-6-24-25-12-9-10-13-30(25)43-35-27(24)21-46-32(35)20-26-28(38(46)49)22-55-41(52)36(26)56-40(51)34(23(4)5)44-37(48)31-14-11-16-45(31)39(50)29(7-2)42-33(47)15-17-54-19-18-53-8-3/h9-10,12-13,20,23,29,31,34,36H,6-8,11,14-19,21-22H2,1-5H3,(H,42,47)(H,44,48)/t29?,31?,34-,36?/m0/s1. The van der Waals surface area contributed by atoms with Gasteiger partial charge in [-0.2, -0.15) is 0 Å². The van der Waals surface area contributed by atoms with Gasteiger partial charge >= 0.3 is 11.9 Å². The number of aromatic nitrogens is 2. The Labute approximate surface area is 325 Å². The zero-order valence-corrected chi connectivity index (χ0v) is 32.7. The number of carbonyl (C=O) groups is 5. The second-order valence-electron chi connectivity index (χ2n) is 14.6. The Hall–Kier alpha value is -5.15. The third-order valence-corrected chi connectivity index (χ3v) is 10.7. The highest BCUT2D eigenvalue weighted by Gasteiger charge is 2.42. The molecule has 0 saturated carbocycles. The molecule has 1 saturated heterocycles. The van der Waals surface area contributed by atoms with Crippen LogP contribution in [0.3, 0.4) is 0 Å². The Morgan fingerprint density at radius 3 is 2.50 bits per heavy atom. The first-order valence-electron chi connectivity index (χ1n) is 19.6. The van der Waals surface area contributed by atoms with Gasteiger partial charge in [0.15, 0.2) is 0 Å². The summed E-state index contributed by atoms with van der Waals surface area (Å²) in [5.74, 6) is -3.49. The number of likely N-dealkylation sites (tertiary alicyclic amines) is 1. The van der Waals surface area contributed by atoms with Gasteiger partial charge in [-0.05, 0) is 56.2 Å². The van der Waals surface area contributed by atoms with Gasteiger partial charge < -0.3 is 39.0 Å². The summed E-state index contributed by atoms with van der Waals surface area (Å²) < 4.78 is 23.5. The number of fused-ring (bicyclic) bond motifs is 5. The summed E-state index contributed by atoms with van der Waals surface area (Å²) in [6.07, 6.45) is 0.466. The average molecular weight is 774 g/mol. The van der Waals surface area contributed by atoms with E-state index in [-0.39, 0.29) is 42.2 Å². The number of rotatable bonds is 16. The zero-order valence-electron chi connectivity index (χ0n) is 32.7. The minimum absolute atomic E-state index is 0.0651. The van der Waals surface area contributed by atoms with E-state index in [1.807, 2.05) is 31.2 Å². The van der Waals surface area contributed by atoms with Crippen molar-refractivity contribution in [1.82, 2.24) is 25.1 Å². The molecule has 3 aliphatic rings. The van der Waals surface area contributed by atoms with Crippen LogP contribution in [0.5, 0.6) is 0 Å². The van der Waals surface area contributed by atoms with Gasteiger partial charge in [0.1, 0.15) is 24.7 Å². The van der Waals surface area contributed by atoms with Crippen molar-refractivity contribution in [1.29, 1.82) is 0 Å². The second kappa shape index (κ2) is 17.8. The lowest BCUT2D eigenvalue weighted by Crippen LogP contribution is -2.56. The molecule has 3 unspecified atom stereocenters. The smallest absolute Gasteiger partial charge is 0.352 e. The number of cyclic esters (lactones) is 1. The monoisotopic (exact) mass is 773 g/mol. The van der Waals surface area contributed by atoms with Gasteiger partial charge in [0, 0.05) is 36.1 Å². The molecule has 3 amide bonds. The molecule has 4 atom stereocenters. The number of aryl methyl sites for hydroxylation is 1. The summed E-state index contributed by atoms with van der Waals surface area (Å²) in [5, 5.41) is 6.54. The Morgan fingerprint density at radius 1 is 1.00 bits per heavy atom. The van der Waals surface area contributed by atoms with Crippen LogP contribution in [0, 0.1) is 5.92 Å². The molecule has 0 bridgehead atoms. The number of amides is 3. The van der Waals surface area contributed by atoms with Crippen molar-refractivity contribution in [3.8, 4) is 11.4 Å². The number of pyridine rings is 2. The molecule has 2 aromatic heterocycles. The summed E-state index contributed by atoms with van der Waals surface area (Å²) in [5.41, 5.74) is 4.03. The second-order valence-corrected chi connectivity index (χ2v) is 14.6. The molecule has 0 aliphatic carbocycles. The molecule has 56 heavy (non-hydrogen) atoms. The molecule has 300 valence electrons. The van der Waals surface area contributed by atoms with Gasteiger partial charge in [0.2, 0.25) is 23.8 Å². The van der Waals surface area contributed by atoms with Crippen molar-refractivity contribution in [2.45, 2.75) is 104 Å². The van der Waals surface area contributed by atoms with Crippen LogP contribution in [0.4, 0.5) is 0 Å². The Bertz CT molecular complexity index is 2060. The molecule has 15 heteroatoms. The Balaban J connectivity index is 1.16. The van der Waals surface area contributed by atoms with Crippen molar-refractivity contribution in [3.63, 3.8) is 0 Å².